The van der Waals surface area contributed by atoms with Crippen LogP contribution in [-0.4, -0.2) is 153 Å². The molecule has 3 heterocycles. The van der Waals surface area contributed by atoms with E-state index in [9.17, 15) is 52.7 Å². The van der Waals surface area contributed by atoms with Crippen molar-refractivity contribution in [2.24, 2.45) is 39.6 Å². The molecule has 3 fully saturated rings. The molecule has 0 radical (unpaired) electrons. The zero-order chi connectivity index (χ0) is 57.1. The van der Waals surface area contributed by atoms with E-state index in [2.05, 4.69) is 47.2 Å². The van der Waals surface area contributed by atoms with Crippen LogP contribution in [0.4, 0.5) is 0 Å². The number of fused-ring (bicyclic) bond motifs is 1. The molecule has 1 unspecified atom stereocenters. The van der Waals surface area contributed by atoms with Crippen molar-refractivity contribution < 1.29 is 52.7 Å². The SMILES string of the molecule is CC[C@H](C)[C@@H]1NC(=O)[C@@H](Cc2c[nH]c3ccccc23)NC(=O)CC2(CCCCC2)SSC[C@@H](C(=O)N2CCC[C@H]2C(=O)N[C@H](CCCN=C(N)N)C(=O)NCC(N)=O)NC(=O)[C@H](CC(N)=O)NC(=O)C(CCC(N)=O)NC1=O. The summed E-state index contributed by atoms with van der Waals surface area (Å²) in [7, 11) is 2.54. The highest BCUT2D eigenvalue weighted by molar-refractivity contribution is 8.77. The zero-order valence-electron chi connectivity index (χ0n) is 44.0. The summed E-state index contributed by atoms with van der Waals surface area (Å²) >= 11 is 0. The first-order valence-corrected chi connectivity index (χ1v) is 28.6. The molecule has 1 saturated carbocycles. The number of benzene rings is 1. The maximum absolute atomic E-state index is 14.9. The van der Waals surface area contributed by atoms with Crippen molar-refractivity contribution in [3.63, 3.8) is 0 Å². The number of nitrogens with two attached hydrogens (primary N) is 5. The molecule has 1 spiro atoms. The molecule has 26 nitrogen and oxygen atoms in total. The quantitative estimate of drug-likeness (QED) is 0.0311. The number of amides is 11. The Kier molecular flexibility index (Phi) is 23.4. The molecule has 0 bridgehead atoms. The predicted octanol–water partition coefficient (Wildman–Crippen LogP) is -2.06. The Balaban J connectivity index is 1.53. The number of rotatable bonds is 19. The molecule has 18 N–H and O–H groups in total. The van der Waals surface area contributed by atoms with E-state index < -0.39 is 137 Å². The van der Waals surface area contributed by atoms with E-state index in [1.165, 1.54) is 26.5 Å². The molecule has 1 aliphatic carbocycles. The molecule has 2 saturated heterocycles. The number of nitrogens with one attached hydrogen (secondary N) is 8. The highest BCUT2D eigenvalue weighted by atomic mass is 33.1. The topological polar surface area (TPSA) is 433 Å². The second-order valence-electron chi connectivity index (χ2n) is 20.1. The summed E-state index contributed by atoms with van der Waals surface area (Å²) in [6, 6.07) is -2.17. The lowest BCUT2D eigenvalue weighted by atomic mass is 9.85. The van der Waals surface area contributed by atoms with Crippen molar-refractivity contribution in [1.29, 1.82) is 0 Å². The highest BCUT2D eigenvalue weighted by Crippen LogP contribution is 2.48. The summed E-state index contributed by atoms with van der Waals surface area (Å²) in [4.78, 5) is 159. The van der Waals surface area contributed by atoms with E-state index in [0.29, 0.717) is 25.7 Å². The van der Waals surface area contributed by atoms with Crippen molar-refractivity contribution in [2.75, 3.05) is 25.4 Å². The second kappa shape index (κ2) is 29.6. The Morgan fingerprint density at radius 2 is 1.51 bits per heavy atom. The van der Waals surface area contributed by atoms with Crippen LogP contribution in [0.2, 0.25) is 0 Å². The average Bonchev–Trinajstić information content (AvgIpc) is 4.07. The summed E-state index contributed by atoms with van der Waals surface area (Å²) < 4.78 is -0.726. The predicted molar refractivity (Wildman–Crippen MR) is 293 cm³/mol. The molecule has 5 rings (SSSR count). The number of para-hydroxylation sites is 1. The van der Waals surface area contributed by atoms with Gasteiger partial charge in [-0.25, -0.2) is 0 Å². The van der Waals surface area contributed by atoms with Crippen LogP contribution in [0.5, 0.6) is 0 Å². The minimum atomic E-state index is -1.75. The zero-order valence-corrected chi connectivity index (χ0v) is 45.7. The van der Waals surface area contributed by atoms with Crippen molar-refractivity contribution in [3.05, 3.63) is 36.0 Å². The number of hydrogen-bond donors (Lipinski definition) is 13. The van der Waals surface area contributed by atoms with Crippen molar-refractivity contribution >= 4 is 103 Å². The normalized spacial score (nSPS) is 23.5. The lowest BCUT2D eigenvalue weighted by Crippen LogP contribution is -2.61. The van der Waals surface area contributed by atoms with Gasteiger partial charge in [-0.2, -0.15) is 0 Å². The van der Waals surface area contributed by atoms with Gasteiger partial charge < -0.3 is 75.8 Å². The van der Waals surface area contributed by atoms with E-state index in [0.717, 1.165) is 35.7 Å². The van der Waals surface area contributed by atoms with Crippen LogP contribution in [0.3, 0.4) is 0 Å². The third kappa shape index (κ3) is 18.3. The molecule has 1 aromatic heterocycles. The summed E-state index contributed by atoms with van der Waals surface area (Å²) in [6.07, 6.45) is 4.84. The van der Waals surface area contributed by atoms with Gasteiger partial charge in [0.15, 0.2) is 5.96 Å². The standard InChI is InChI=1S/C50H75N15O11S2/c1-3-27(2)41-47(75)61-32(15-16-37(51)66)43(71)62-34(22-38(52)67)44(72)63-35(48(76)65-20-10-14-36(65)46(74)60-31(13-9-19-56-49(54)55)42(70)58-25-39(53)68)26-77-78-50(17-7-4-8-18-50)23-40(69)59-33(45(73)64-41)21-28-24-57-30-12-6-5-11-29(28)30/h5-6,11-12,24,27,31-36,41,57H,3-4,7-10,13-23,25-26H2,1-2H3,(H2,51,66)(H2,52,67)(H2,53,68)(H,58,70)(H,59,69)(H,60,74)(H,61,75)(H,62,71)(H,63,72)(H,64,73)(H4,54,55,56)/t27-,31+,32?,33+,34-,35-,36-,41-/m0/s1. The number of nitrogens with zero attached hydrogens (tertiary/aromatic N) is 2. The number of likely N-dealkylation sites (tertiary alicyclic amines) is 1. The van der Waals surface area contributed by atoms with E-state index in [4.69, 9.17) is 28.7 Å². The Labute approximate surface area is 459 Å². The Morgan fingerprint density at radius 3 is 2.19 bits per heavy atom. The monoisotopic (exact) mass is 1130 g/mol. The van der Waals surface area contributed by atoms with Crippen molar-refractivity contribution in [3.8, 4) is 0 Å². The van der Waals surface area contributed by atoms with Crippen LogP contribution in [0, 0.1) is 5.92 Å². The van der Waals surface area contributed by atoms with Gasteiger partial charge in [-0.15, -0.1) is 0 Å². The number of aromatic nitrogens is 1. The van der Waals surface area contributed by atoms with Gasteiger partial charge in [0.1, 0.15) is 42.3 Å². The van der Waals surface area contributed by atoms with Crippen LogP contribution in [0.25, 0.3) is 10.9 Å². The van der Waals surface area contributed by atoms with E-state index >= 15 is 0 Å². The van der Waals surface area contributed by atoms with Gasteiger partial charge in [-0.05, 0) is 62.5 Å². The minimum absolute atomic E-state index is 0.0243. The first kappa shape index (κ1) is 61.7. The molecule has 2 aromatic rings. The first-order chi connectivity index (χ1) is 37.1. The molecular formula is C50H75N15O11S2. The van der Waals surface area contributed by atoms with Gasteiger partial charge >= 0.3 is 0 Å². The number of aliphatic imine (C=N–C) groups is 1. The van der Waals surface area contributed by atoms with Crippen molar-refractivity contribution in [2.45, 2.75) is 157 Å². The molecule has 428 valence electrons. The number of guanidine groups is 1. The Hall–Kier alpha value is -7.10. The van der Waals surface area contributed by atoms with Gasteiger partial charge in [0, 0.05) is 60.0 Å². The molecule has 8 atom stereocenters. The van der Waals surface area contributed by atoms with Crippen LogP contribution in [0.15, 0.2) is 35.5 Å². The van der Waals surface area contributed by atoms with Gasteiger partial charge in [0.05, 0.1) is 13.0 Å². The van der Waals surface area contributed by atoms with Crippen molar-refractivity contribution in [1.82, 2.24) is 47.1 Å². The highest BCUT2D eigenvalue weighted by Gasteiger charge is 2.42. The van der Waals surface area contributed by atoms with Crippen LogP contribution in [0.1, 0.15) is 109 Å². The molecule has 1 aromatic carbocycles. The first-order valence-electron chi connectivity index (χ1n) is 26.3. The lowest BCUT2D eigenvalue weighted by Gasteiger charge is -2.37. The molecule has 78 heavy (non-hydrogen) atoms. The Bertz CT molecular complexity index is 2550. The van der Waals surface area contributed by atoms with E-state index in [1.54, 1.807) is 20.0 Å². The second-order valence-corrected chi connectivity index (χ2v) is 22.9. The number of aromatic amines is 1. The van der Waals surface area contributed by atoms with E-state index in [-0.39, 0.29) is 63.3 Å². The largest absolute Gasteiger partial charge is 0.370 e. The van der Waals surface area contributed by atoms with E-state index in [1.807, 2.05) is 24.3 Å². The Morgan fingerprint density at radius 1 is 0.821 bits per heavy atom. The van der Waals surface area contributed by atoms with Gasteiger partial charge in [-0.3, -0.25) is 57.7 Å². The van der Waals surface area contributed by atoms with Crippen LogP contribution < -0.4 is 65.9 Å². The van der Waals surface area contributed by atoms with Crippen LogP contribution in [-0.2, 0) is 59.2 Å². The molecule has 28 heteroatoms. The summed E-state index contributed by atoms with van der Waals surface area (Å²) in [5.41, 5.74) is 28.8. The summed E-state index contributed by atoms with van der Waals surface area (Å²) in [5, 5.41) is 19.4. The number of H-pyrrole nitrogens is 1. The minimum Gasteiger partial charge on any atom is -0.370 e. The fourth-order valence-electron chi connectivity index (χ4n) is 9.72. The average molecular weight is 1130 g/mol. The number of hydrogen-bond acceptors (Lipinski definition) is 14. The lowest BCUT2D eigenvalue weighted by molar-refractivity contribution is -0.142. The number of carbonyl (C=O) groups is 11. The summed E-state index contributed by atoms with van der Waals surface area (Å²) in [5.74, 6) is -9.80. The number of carbonyl (C=O) groups excluding carboxylic acids is 11. The fourth-order valence-corrected chi connectivity index (χ4v) is 13.1. The molecule has 2 aliphatic heterocycles. The number of primary amides is 3. The van der Waals surface area contributed by atoms with Gasteiger partial charge in [0.25, 0.3) is 0 Å². The smallest absolute Gasteiger partial charge is 0.246 e. The van der Waals surface area contributed by atoms with Gasteiger partial charge in [0.2, 0.25) is 65.0 Å². The third-order valence-electron chi connectivity index (χ3n) is 14.1. The van der Waals surface area contributed by atoms with Crippen LogP contribution >= 0.6 is 21.6 Å². The molecular weight excluding hydrogens is 1050 g/mol. The summed E-state index contributed by atoms with van der Waals surface area (Å²) in [6.45, 7) is 3.14. The van der Waals surface area contributed by atoms with Gasteiger partial charge in [-0.1, -0.05) is 79.3 Å². The fraction of sp³-hybridized carbons (Fsp3) is 0.600. The molecule has 11 amide bonds. The molecule has 3 aliphatic rings. The maximum Gasteiger partial charge on any atom is 0.246 e. The maximum atomic E-state index is 14.9. The third-order valence-corrected chi connectivity index (χ3v) is 17.4.